The van der Waals surface area contributed by atoms with E-state index < -0.39 is 0 Å². The molecule has 0 aliphatic heterocycles. The number of aromatic nitrogens is 3. The normalized spacial score (nSPS) is 10.7. The van der Waals surface area contributed by atoms with Gasteiger partial charge in [-0.2, -0.15) is 0 Å². The van der Waals surface area contributed by atoms with Crippen LogP contribution in [0.3, 0.4) is 0 Å². The molecule has 0 spiro atoms. The Balaban J connectivity index is 1.68. The molecule has 0 amide bonds. The fourth-order valence-electron chi connectivity index (χ4n) is 2.57. The van der Waals surface area contributed by atoms with Crippen molar-refractivity contribution in [3.05, 3.63) is 59.7 Å². The van der Waals surface area contributed by atoms with Crippen LogP contribution in [0.25, 0.3) is 11.4 Å². The summed E-state index contributed by atoms with van der Waals surface area (Å²) in [6, 6.07) is 15.4. The molecular weight excluding hydrogens is 346 g/mol. The number of rotatable bonds is 7. The maximum absolute atomic E-state index is 12.4. The van der Waals surface area contributed by atoms with Crippen LogP contribution in [-0.4, -0.2) is 33.4 Å². The largest absolute Gasteiger partial charge is 0.497 e. The molecule has 1 aromatic heterocycles. The summed E-state index contributed by atoms with van der Waals surface area (Å²) in [5.41, 5.74) is 2.91. The molecule has 5 nitrogen and oxygen atoms in total. The van der Waals surface area contributed by atoms with Gasteiger partial charge in [0.05, 0.1) is 12.9 Å². The number of methoxy groups -OCH3 is 1. The number of carbonyl (C=O) groups excluding carboxylic acids is 1. The second kappa shape index (κ2) is 8.19. The average molecular weight is 367 g/mol. The summed E-state index contributed by atoms with van der Waals surface area (Å²) in [4.78, 5) is 12.4. The van der Waals surface area contributed by atoms with Gasteiger partial charge in [0.1, 0.15) is 5.75 Å². The van der Waals surface area contributed by atoms with E-state index in [0.717, 1.165) is 29.1 Å². The van der Waals surface area contributed by atoms with Gasteiger partial charge in [0.2, 0.25) is 0 Å². The zero-order valence-corrected chi connectivity index (χ0v) is 15.9. The maximum atomic E-state index is 12.4. The number of benzene rings is 2. The van der Waals surface area contributed by atoms with Gasteiger partial charge in [-0.15, -0.1) is 10.2 Å². The van der Waals surface area contributed by atoms with E-state index in [9.17, 15) is 4.79 Å². The van der Waals surface area contributed by atoms with Gasteiger partial charge in [-0.25, -0.2) is 0 Å². The molecule has 0 atom stereocenters. The molecular formula is C20H21N3O2S. The first-order valence-electron chi connectivity index (χ1n) is 8.41. The van der Waals surface area contributed by atoms with E-state index in [-0.39, 0.29) is 5.78 Å². The molecule has 26 heavy (non-hydrogen) atoms. The number of carbonyl (C=O) groups is 1. The van der Waals surface area contributed by atoms with Crippen LogP contribution in [0.15, 0.2) is 53.7 Å². The van der Waals surface area contributed by atoms with Crippen molar-refractivity contribution >= 4 is 17.5 Å². The van der Waals surface area contributed by atoms with Crippen molar-refractivity contribution in [1.82, 2.24) is 14.8 Å². The predicted molar refractivity (Wildman–Crippen MR) is 104 cm³/mol. The van der Waals surface area contributed by atoms with E-state index in [0.29, 0.717) is 10.9 Å². The monoisotopic (exact) mass is 367 g/mol. The number of Topliss-reactive ketones (excluding diaryl/α,β-unsaturated/α-hetero) is 1. The molecule has 0 aliphatic rings. The van der Waals surface area contributed by atoms with E-state index in [1.807, 2.05) is 60.1 Å². The van der Waals surface area contributed by atoms with Crippen LogP contribution in [0.4, 0.5) is 0 Å². The summed E-state index contributed by atoms with van der Waals surface area (Å²) in [5, 5.41) is 9.19. The quantitative estimate of drug-likeness (QED) is 0.466. The topological polar surface area (TPSA) is 57.0 Å². The van der Waals surface area contributed by atoms with Crippen molar-refractivity contribution in [2.24, 2.45) is 7.05 Å². The zero-order valence-electron chi connectivity index (χ0n) is 15.1. The Morgan fingerprint density at radius 1 is 1.08 bits per heavy atom. The van der Waals surface area contributed by atoms with Crippen LogP contribution in [0.5, 0.6) is 5.75 Å². The molecule has 3 rings (SSSR count). The summed E-state index contributed by atoms with van der Waals surface area (Å²) < 4.78 is 7.08. The van der Waals surface area contributed by atoms with Gasteiger partial charge in [0, 0.05) is 18.2 Å². The molecule has 134 valence electrons. The first-order valence-corrected chi connectivity index (χ1v) is 9.39. The minimum atomic E-state index is 0.0895. The van der Waals surface area contributed by atoms with Crippen LogP contribution in [0, 0.1) is 0 Å². The number of thioether (sulfide) groups is 1. The number of hydrogen-bond donors (Lipinski definition) is 0. The molecule has 3 aromatic rings. The number of aryl methyl sites for hydroxylation is 1. The molecule has 0 unspecified atom stereocenters. The Morgan fingerprint density at radius 2 is 1.77 bits per heavy atom. The number of hydrogen-bond acceptors (Lipinski definition) is 5. The number of ether oxygens (including phenoxy) is 1. The summed E-state index contributed by atoms with van der Waals surface area (Å²) >= 11 is 1.40. The molecule has 0 aliphatic carbocycles. The molecule has 0 N–H and O–H groups in total. The molecule has 0 bridgehead atoms. The highest BCUT2D eigenvalue weighted by Crippen LogP contribution is 2.25. The Bertz CT molecular complexity index is 886. The Labute approximate surface area is 157 Å². The highest BCUT2D eigenvalue weighted by molar-refractivity contribution is 7.99. The van der Waals surface area contributed by atoms with Crippen LogP contribution >= 0.6 is 11.8 Å². The van der Waals surface area contributed by atoms with Gasteiger partial charge in [0.15, 0.2) is 16.8 Å². The first kappa shape index (κ1) is 18.2. The van der Waals surface area contributed by atoms with Crippen molar-refractivity contribution in [3.8, 4) is 17.1 Å². The molecule has 0 saturated heterocycles. The van der Waals surface area contributed by atoms with Crippen LogP contribution < -0.4 is 4.74 Å². The number of nitrogens with zero attached hydrogens (tertiary/aromatic N) is 3. The van der Waals surface area contributed by atoms with Gasteiger partial charge in [-0.05, 0) is 36.2 Å². The minimum absolute atomic E-state index is 0.0895. The molecule has 1 heterocycles. The van der Waals surface area contributed by atoms with E-state index >= 15 is 0 Å². The molecule has 6 heteroatoms. The van der Waals surface area contributed by atoms with Crippen LogP contribution in [0.2, 0.25) is 0 Å². The van der Waals surface area contributed by atoms with Crippen molar-refractivity contribution in [2.45, 2.75) is 18.5 Å². The third kappa shape index (κ3) is 3.96. The summed E-state index contributed by atoms with van der Waals surface area (Å²) in [5.74, 6) is 1.98. The minimum Gasteiger partial charge on any atom is -0.497 e. The first-order chi connectivity index (χ1) is 12.6. The Kier molecular flexibility index (Phi) is 5.73. The van der Waals surface area contributed by atoms with Crippen molar-refractivity contribution in [1.29, 1.82) is 0 Å². The smallest absolute Gasteiger partial charge is 0.191 e. The fraction of sp³-hybridized carbons (Fsp3) is 0.250. The predicted octanol–water partition coefficient (Wildman–Crippen LogP) is 4.03. The molecule has 0 radical (unpaired) electrons. The summed E-state index contributed by atoms with van der Waals surface area (Å²) in [6.45, 7) is 2.10. The average Bonchev–Trinajstić information content (AvgIpc) is 3.06. The lowest BCUT2D eigenvalue weighted by Gasteiger charge is -2.05. The Morgan fingerprint density at radius 3 is 2.38 bits per heavy atom. The maximum Gasteiger partial charge on any atom is 0.191 e. The third-order valence-corrected chi connectivity index (χ3v) is 5.22. The third-order valence-electron chi connectivity index (χ3n) is 4.20. The highest BCUT2D eigenvalue weighted by Gasteiger charge is 2.14. The van der Waals surface area contributed by atoms with E-state index in [1.54, 1.807) is 7.11 Å². The van der Waals surface area contributed by atoms with Crippen molar-refractivity contribution in [3.63, 3.8) is 0 Å². The summed E-state index contributed by atoms with van der Waals surface area (Å²) in [7, 11) is 3.54. The van der Waals surface area contributed by atoms with E-state index in [2.05, 4.69) is 17.1 Å². The lowest BCUT2D eigenvalue weighted by molar-refractivity contribution is 0.102. The van der Waals surface area contributed by atoms with Crippen LogP contribution in [0.1, 0.15) is 22.8 Å². The van der Waals surface area contributed by atoms with E-state index in [4.69, 9.17) is 4.74 Å². The molecule has 0 fully saturated rings. The SMILES string of the molecule is CCc1ccc(C(=O)CSc2nnc(-c3ccc(OC)cc3)n2C)cc1. The van der Waals surface area contributed by atoms with Crippen molar-refractivity contribution < 1.29 is 9.53 Å². The lowest BCUT2D eigenvalue weighted by atomic mass is 10.1. The fourth-order valence-corrected chi connectivity index (χ4v) is 3.38. The van der Waals surface area contributed by atoms with Crippen LogP contribution in [-0.2, 0) is 13.5 Å². The van der Waals surface area contributed by atoms with Gasteiger partial charge < -0.3 is 9.30 Å². The molecule has 2 aromatic carbocycles. The van der Waals surface area contributed by atoms with Gasteiger partial charge in [0.25, 0.3) is 0 Å². The second-order valence-corrected chi connectivity index (χ2v) is 6.80. The zero-order chi connectivity index (χ0) is 18.5. The lowest BCUT2D eigenvalue weighted by Crippen LogP contribution is -2.04. The number of ketones is 1. The summed E-state index contributed by atoms with van der Waals surface area (Å²) in [6.07, 6.45) is 0.969. The standard InChI is InChI=1S/C20H21N3O2S/c1-4-14-5-7-15(8-6-14)18(24)13-26-20-22-21-19(23(20)2)16-9-11-17(25-3)12-10-16/h5-12H,4,13H2,1-3H3. The Hall–Kier alpha value is -2.60. The van der Waals surface area contributed by atoms with Gasteiger partial charge in [-0.1, -0.05) is 43.0 Å². The van der Waals surface area contributed by atoms with E-state index in [1.165, 1.54) is 17.3 Å². The van der Waals surface area contributed by atoms with Gasteiger partial charge in [-0.3, -0.25) is 4.79 Å². The second-order valence-electron chi connectivity index (χ2n) is 5.86. The highest BCUT2D eigenvalue weighted by atomic mass is 32.2. The molecule has 0 saturated carbocycles. The van der Waals surface area contributed by atoms with Crippen molar-refractivity contribution in [2.75, 3.05) is 12.9 Å². The van der Waals surface area contributed by atoms with Gasteiger partial charge >= 0.3 is 0 Å².